The lowest BCUT2D eigenvalue weighted by Crippen LogP contribution is -2.35. The number of nitro benzene ring substituents is 1. The van der Waals surface area contributed by atoms with Crippen LogP contribution in [0.4, 0.5) is 17.1 Å². The maximum absolute atomic E-state index is 10.8. The van der Waals surface area contributed by atoms with Crippen LogP contribution < -0.4 is 11.1 Å². The first-order valence-electron chi connectivity index (χ1n) is 7.09. The second kappa shape index (κ2) is 6.56. The van der Waals surface area contributed by atoms with Gasteiger partial charge < -0.3 is 16.0 Å². The van der Waals surface area contributed by atoms with E-state index in [1.807, 2.05) is 0 Å². The van der Waals surface area contributed by atoms with Crippen molar-refractivity contribution in [3.8, 4) is 0 Å². The van der Waals surface area contributed by atoms with Gasteiger partial charge in [0.1, 0.15) is 0 Å². The minimum atomic E-state index is -0.415. The van der Waals surface area contributed by atoms with Crippen molar-refractivity contribution in [2.24, 2.45) is 5.92 Å². The summed E-state index contributed by atoms with van der Waals surface area (Å²) < 4.78 is 0. The molecule has 0 atom stereocenters. The molecule has 6 heteroatoms. The Hall–Kier alpha value is -1.82. The van der Waals surface area contributed by atoms with Gasteiger partial charge in [-0.1, -0.05) is 6.92 Å². The van der Waals surface area contributed by atoms with Crippen LogP contribution in [0.3, 0.4) is 0 Å². The van der Waals surface area contributed by atoms with Gasteiger partial charge in [0.15, 0.2) is 0 Å². The zero-order chi connectivity index (χ0) is 14.5. The molecule has 3 N–H and O–H groups in total. The predicted octanol–water partition coefficient (Wildman–Crippen LogP) is 2.32. The number of nitrogens with two attached hydrogens (primary N) is 1. The molecule has 110 valence electrons. The molecular formula is C14H22N4O2. The summed E-state index contributed by atoms with van der Waals surface area (Å²) in [6.07, 6.45) is 2.34. The van der Waals surface area contributed by atoms with Crippen LogP contribution in [0.1, 0.15) is 19.8 Å². The first-order chi connectivity index (χ1) is 9.58. The molecule has 6 nitrogen and oxygen atoms in total. The van der Waals surface area contributed by atoms with Crippen molar-refractivity contribution in [1.29, 1.82) is 0 Å². The van der Waals surface area contributed by atoms with E-state index in [0.29, 0.717) is 11.6 Å². The molecule has 0 radical (unpaired) electrons. The van der Waals surface area contributed by atoms with Crippen molar-refractivity contribution in [2.45, 2.75) is 19.8 Å². The van der Waals surface area contributed by atoms with Crippen LogP contribution >= 0.6 is 0 Å². The highest BCUT2D eigenvalue weighted by atomic mass is 16.6. The Morgan fingerprint density at radius 3 is 2.70 bits per heavy atom. The number of nitrogen functional groups attached to an aromatic ring is 1. The third-order valence-corrected chi connectivity index (χ3v) is 3.90. The van der Waals surface area contributed by atoms with Crippen molar-refractivity contribution < 1.29 is 4.92 Å². The Morgan fingerprint density at radius 1 is 1.40 bits per heavy atom. The van der Waals surface area contributed by atoms with Crippen LogP contribution in [-0.2, 0) is 0 Å². The molecule has 1 aliphatic heterocycles. The van der Waals surface area contributed by atoms with E-state index in [9.17, 15) is 10.1 Å². The summed E-state index contributed by atoms with van der Waals surface area (Å²) >= 11 is 0. The number of benzene rings is 1. The fraction of sp³-hybridized carbons (Fsp3) is 0.571. The molecule has 2 rings (SSSR count). The van der Waals surface area contributed by atoms with Gasteiger partial charge in [-0.25, -0.2) is 0 Å². The van der Waals surface area contributed by atoms with E-state index < -0.39 is 4.92 Å². The number of nitrogens with zero attached hydrogens (tertiary/aromatic N) is 2. The molecule has 20 heavy (non-hydrogen) atoms. The van der Waals surface area contributed by atoms with Gasteiger partial charge in [0.2, 0.25) is 0 Å². The fourth-order valence-electron chi connectivity index (χ4n) is 2.61. The van der Waals surface area contributed by atoms with Crippen LogP contribution in [0, 0.1) is 16.0 Å². The van der Waals surface area contributed by atoms with Gasteiger partial charge in [0, 0.05) is 30.1 Å². The van der Waals surface area contributed by atoms with Crippen molar-refractivity contribution in [3.05, 3.63) is 28.3 Å². The van der Waals surface area contributed by atoms with E-state index in [4.69, 9.17) is 5.73 Å². The third kappa shape index (κ3) is 3.84. The highest BCUT2D eigenvalue weighted by Crippen LogP contribution is 2.24. The molecule has 1 fully saturated rings. The van der Waals surface area contributed by atoms with Crippen LogP contribution in [0.2, 0.25) is 0 Å². The molecule has 1 aromatic carbocycles. The molecule has 0 unspecified atom stereocenters. The smallest absolute Gasteiger partial charge is 0.273 e. The molecule has 1 aliphatic rings. The molecule has 1 aromatic rings. The average Bonchev–Trinajstić information content (AvgIpc) is 2.45. The molecule has 1 saturated heterocycles. The van der Waals surface area contributed by atoms with Crippen LogP contribution in [-0.4, -0.2) is 36.0 Å². The minimum Gasteiger partial charge on any atom is -0.398 e. The maximum atomic E-state index is 10.8. The number of hydrogen-bond acceptors (Lipinski definition) is 5. The van der Waals surface area contributed by atoms with E-state index in [1.165, 1.54) is 25.0 Å². The topological polar surface area (TPSA) is 84.4 Å². The normalized spacial score (nSPS) is 17.1. The highest BCUT2D eigenvalue weighted by molar-refractivity contribution is 5.61. The quantitative estimate of drug-likeness (QED) is 0.490. The lowest BCUT2D eigenvalue weighted by atomic mass is 9.97. The Morgan fingerprint density at radius 2 is 2.10 bits per heavy atom. The summed E-state index contributed by atoms with van der Waals surface area (Å²) in [6, 6.07) is 4.66. The summed E-state index contributed by atoms with van der Waals surface area (Å²) in [7, 11) is 0. The summed E-state index contributed by atoms with van der Waals surface area (Å²) in [6.45, 7) is 6.42. The predicted molar refractivity (Wildman–Crippen MR) is 80.8 cm³/mol. The largest absolute Gasteiger partial charge is 0.398 e. The molecule has 0 aromatic heterocycles. The second-order valence-corrected chi connectivity index (χ2v) is 5.33. The van der Waals surface area contributed by atoms with E-state index in [1.54, 1.807) is 6.07 Å². The van der Waals surface area contributed by atoms with Crippen molar-refractivity contribution in [3.63, 3.8) is 0 Å². The first-order valence-corrected chi connectivity index (χ1v) is 7.09. The number of non-ortho nitro benzene ring substituents is 1. The Balaban J connectivity index is 1.89. The monoisotopic (exact) mass is 278 g/mol. The zero-order valence-corrected chi connectivity index (χ0v) is 11.8. The SMILES string of the molecule is CCN1CCC(CNc2cc(N)cc([N+](=O)[O-])c2)CC1. The van der Waals surface area contributed by atoms with E-state index in [0.717, 1.165) is 31.9 Å². The lowest BCUT2D eigenvalue weighted by Gasteiger charge is -2.31. The standard InChI is InChI=1S/C14H22N4O2/c1-2-17-5-3-11(4-6-17)10-16-13-7-12(15)8-14(9-13)18(19)20/h7-9,11,16H,2-6,10,15H2,1H3. The highest BCUT2D eigenvalue weighted by Gasteiger charge is 2.18. The first kappa shape index (κ1) is 14.6. The van der Waals surface area contributed by atoms with Gasteiger partial charge in [0.25, 0.3) is 5.69 Å². The Kier molecular flexibility index (Phi) is 4.79. The molecule has 0 bridgehead atoms. The lowest BCUT2D eigenvalue weighted by molar-refractivity contribution is -0.384. The van der Waals surface area contributed by atoms with Crippen LogP contribution in [0.15, 0.2) is 18.2 Å². The van der Waals surface area contributed by atoms with Gasteiger partial charge in [-0.3, -0.25) is 10.1 Å². The van der Waals surface area contributed by atoms with Crippen molar-refractivity contribution in [1.82, 2.24) is 4.90 Å². The van der Waals surface area contributed by atoms with Crippen LogP contribution in [0.25, 0.3) is 0 Å². The summed E-state index contributed by atoms with van der Waals surface area (Å²) in [5.74, 6) is 0.623. The number of nitrogens with one attached hydrogen (secondary N) is 1. The number of rotatable bonds is 5. The van der Waals surface area contributed by atoms with Crippen molar-refractivity contribution >= 4 is 17.1 Å². The maximum Gasteiger partial charge on any atom is 0.273 e. The van der Waals surface area contributed by atoms with E-state index in [-0.39, 0.29) is 5.69 Å². The fourth-order valence-corrected chi connectivity index (χ4v) is 2.61. The zero-order valence-electron chi connectivity index (χ0n) is 11.8. The second-order valence-electron chi connectivity index (χ2n) is 5.33. The summed E-state index contributed by atoms with van der Waals surface area (Å²) in [5, 5.41) is 14.1. The molecule has 0 amide bonds. The molecule has 0 aliphatic carbocycles. The summed E-state index contributed by atoms with van der Waals surface area (Å²) in [5.41, 5.74) is 6.88. The number of piperidine rings is 1. The van der Waals surface area contributed by atoms with Gasteiger partial charge >= 0.3 is 0 Å². The van der Waals surface area contributed by atoms with Gasteiger partial charge in [0.05, 0.1) is 4.92 Å². The minimum absolute atomic E-state index is 0.0355. The number of anilines is 2. The van der Waals surface area contributed by atoms with Crippen LogP contribution in [0.5, 0.6) is 0 Å². The Bertz CT molecular complexity index is 470. The Labute approximate surface area is 119 Å². The number of hydrogen-bond donors (Lipinski definition) is 2. The molecule has 1 heterocycles. The average molecular weight is 278 g/mol. The van der Waals surface area contributed by atoms with E-state index in [2.05, 4.69) is 17.1 Å². The van der Waals surface area contributed by atoms with Gasteiger partial charge in [-0.2, -0.15) is 0 Å². The van der Waals surface area contributed by atoms with E-state index >= 15 is 0 Å². The molecular weight excluding hydrogens is 256 g/mol. The third-order valence-electron chi connectivity index (χ3n) is 3.90. The molecule has 0 spiro atoms. The van der Waals surface area contributed by atoms with Gasteiger partial charge in [-0.05, 0) is 44.5 Å². The van der Waals surface area contributed by atoms with Crippen molar-refractivity contribution in [2.75, 3.05) is 37.2 Å². The van der Waals surface area contributed by atoms with Gasteiger partial charge in [-0.15, -0.1) is 0 Å². The number of nitro groups is 1. The summed E-state index contributed by atoms with van der Waals surface area (Å²) in [4.78, 5) is 12.8. The number of likely N-dealkylation sites (tertiary alicyclic amines) is 1. The molecule has 0 saturated carbocycles.